The van der Waals surface area contributed by atoms with Gasteiger partial charge >= 0.3 is 12.1 Å². The van der Waals surface area contributed by atoms with E-state index in [1.807, 2.05) is 65.6 Å². The summed E-state index contributed by atoms with van der Waals surface area (Å²) < 4.78 is 49.4. The Morgan fingerprint density at radius 2 is 1.33 bits per heavy atom. The summed E-state index contributed by atoms with van der Waals surface area (Å²) in [6.45, 7) is 1.00. The van der Waals surface area contributed by atoms with E-state index in [0.29, 0.717) is 30.0 Å². The summed E-state index contributed by atoms with van der Waals surface area (Å²) in [6, 6.07) is 32.0. The lowest BCUT2D eigenvalue weighted by molar-refractivity contribution is -0.143. The molecule has 5 aromatic rings. The van der Waals surface area contributed by atoms with Gasteiger partial charge in [-0.05, 0) is 64.2 Å². The Balaban J connectivity index is 1.29. The van der Waals surface area contributed by atoms with Crippen LogP contribution < -0.4 is 5.32 Å². The number of ether oxygens (including phenoxy) is 1. The van der Waals surface area contributed by atoms with Crippen molar-refractivity contribution >= 4 is 11.9 Å². The second kappa shape index (κ2) is 14.1. The minimum atomic E-state index is -4.42. The summed E-state index contributed by atoms with van der Waals surface area (Å²) in [5, 5.41) is 2.78. The first kappa shape index (κ1) is 31.3. The van der Waals surface area contributed by atoms with Gasteiger partial charge in [-0.25, -0.2) is 4.79 Å². The number of hydrogen-bond acceptors (Lipinski definition) is 5. The number of carbonyl (C=O) groups is 2. The zero-order valence-electron chi connectivity index (χ0n) is 24.5. The number of rotatable bonds is 11. The highest BCUT2D eigenvalue weighted by atomic mass is 19.4. The molecule has 9 heteroatoms. The third kappa shape index (κ3) is 8.27. The second-order valence-electron chi connectivity index (χ2n) is 10.5. The van der Waals surface area contributed by atoms with E-state index in [2.05, 4.69) is 5.32 Å². The molecular weight excluding hydrogens is 581 g/mol. The highest BCUT2D eigenvalue weighted by Gasteiger charge is 2.30. The molecule has 1 aromatic heterocycles. The summed E-state index contributed by atoms with van der Waals surface area (Å²) in [6.07, 6.45) is -2.84. The van der Waals surface area contributed by atoms with Gasteiger partial charge in [0.05, 0.1) is 25.5 Å². The number of amides is 1. The van der Waals surface area contributed by atoms with Crippen molar-refractivity contribution in [1.82, 2.24) is 10.2 Å². The van der Waals surface area contributed by atoms with Crippen molar-refractivity contribution in [2.75, 3.05) is 13.7 Å². The number of hydrogen-bond donors (Lipinski definition) is 1. The number of methoxy groups -OCH3 is 1. The lowest BCUT2D eigenvalue weighted by atomic mass is 10.0. The summed E-state index contributed by atoms with van der Waals surface area (Å²) in [4.78, 5) is 28.1. The molecule has 0 aliphatic rings. The van der Waals surface area contributed by atoms with Crippen molar-refractivity contribution in [2.45, 2.75) is 25.3 Å². The van der Waals surface area contributed by atoms with Gasteiger partial charge in [0.15, 0.2) is 0 Å². The van der Waals surface area contributed by atoms with Crippen LogP contribution in [-0.4, -0.2) is 36.5 Å². The van der Waals surface area contributed by atoms with Gasteiger partial charge in [0.2, 0.25) is 0 Å². The van der Waals surface area contributed by atoms with Crippen molar-refractivity contribution in [1.29, 1.82) is 0 Å². The van der Waals surface area contributed by atoms with Crippen molar-refractivity contribution < 1.29 is 31.9 Å². The summed E-state index contributed by atoms with van der Waals surface area (Å²) in [5.41, 5.74) is 3.98. The van der Waals surface area contributed by atoms with Gasteiger partial charge in [-0.3, -0.25) is 9.69 Å². The first-order valence-electron chi connectivity index (χ1n) is 14.2. The van der Waals surface area contributed by atoms with Crippen LogP contribution >= 0.6 is 0 Å². The smallest absolute Gasteiger partial charge is 0.416 e. The number of benzene rings is 4. The summed E-state index contributed by atoms with van der Waals surface area (Å²) in [5.74, 6) is -0.396. The second-order valence-corrected chi connectivity index (χ2v) is 10.5. The van der Waals surface area contributed by atoms with Crippen molar-refractivity contribution in [3.63, 3.8) is 0 Å². The van der Waals surface area contributed by atoms with Gasteiger partial charge in [0.1, 0.15) is 11.8 Å². The number of alkyl halides is 3. The average Bonchev–Trinajstić information content (AvgIpc) is 3.57. The normalized spacial score (nSPS) is 12.1. The van der Waals surface area contributed by atoms with E-state index in [-0.39, 0.29) is 12.1 Å². The lowest BCUT2D eigenvalue weighted by Crippen LogP contribution is -2.48. The van der Waals surface area contributed by atoms with Gasteiger partial charge in [-0.15, -0.1) is 0 Å². The fraction of sp³-hybridized carbons (Fsp3) is 0.167. The molecule has 1 heterocycles. The zero-order chi connectivity index (χ0) is 31.8. The molecule has 0 unspecified atom stereocenters. The van der Waals surface area contributed by atoms with Crippen LogP contribution in [-0.2, 0) is 28.8 Å². The number of esters is 1. The van der Waals surface area contributed by atoms with Crippen LogP contribution in [0.2, 0.25) is 0 Å². The Hall–Kier alpha value is -5.15. The molecule has 0 bridgehead atoms. The molecule has 0 aliphatic carbocycles. The molecule has 0 spiro atoms. The van der Waals surface area contributed by atoms with Crippen molar-refractivity contribution in [3.8, 4) is 22.3 Å². The Labute approximate surface area is 259 Å². The number of furan rings is 1. The number of nitrogens with zero attached hydrogens (tertiary/aromatic N) is 1. The van der Waals surface area contributed by atoms with Crippen molar-refractivity contribution in [2.24, 2.45) is 0 Å². The Morgan fingerprint density at radius 3 is 1.89 bits per heavy atom. The van der Waals surface area contributed by atoms with E-state index < -0.39 is 29.7 Å². The van der Waals surface area contributed by atoms with Crippen LogP contribution in [0.25, 0.3) is 22.3 Å². The van der Waals surface area contributed by atoms with Gasteiger partial charge in [-0.1, -0.05) is 78.9 Å². The fourth-order valence-corrected chi connectivity index (χ4v) is 4.99. The molecule has 0 saturated carbocycles. The van der Waals surface area contributed by atoms with Gasteiger partial charge < -0.3 is 14.5 Å². The maximum Gasteiger partial charge on any atom is 0.416 e. The molecule has 5 rings (SSSR count). The molecule has 4 aromatic carbocycles. The maximum atomic E-state index is 13.2. The standard InChI is InChI=1S/C36H31F3N2O4/c1-44-35(43)33(40-34(42)30-15-13-28(14-16-30)29-17-19-31(20-18-29)36(37,38)39)24-41(23-32-8-5-21-45-32)22-25-9-11-27(12-10-25)26-6-3-2-4-7-26/h2-21,33H,22-24H2,1H3,(H,40,42)/t33-/m0/s1. The molecule has 6 nitrogen and oxygen atoms in total. The first-order valence-corrected chi connectivity index (χ1v) is 14.2. The molecule has 0 radical (unpaired) electrons. The molecular formula is C36H31F3N2O4. The quantitative estimate of drug-likeness (QED) is 0.156. The summed E-state index contributed by atoms with van der Waals surface area (Å²) in [7, 11) is 1.26. The van der Waals surface area contributed by atoms with Gasteiger partial charge in [0.25, 0.3) is 5.91 Å². The summed E-state index contributed by atoms with van der Waals surface area (Å²) >= 11 is 0. The van der Waals surface area contributed by atoms with E-state index in [1.165, 1.54) is 19.2 Å². The van der Waals surface area contributed by atoms with Crippen LogP contribution in [0.15, 0.2) is 126 Å². The maximum absolute atomic E-state index is 13.2. The monoisotopic (exact) mass is 612 g/mol. The fourth-order valence-electron chi connectivity index (χ4n) is 4.99. The average molecular weight is 613 g/mol. The zero-order valence-corrected chi connectivity index (χ0v) is 24.5. The largest absolute Gasteiger partial charge is 0.468 e. The predicted octanol–water partition coefficient (Wildman–Crippen LogP) is 7.61. The van der Waals surface area contributed by atoms with Crippen molar-refractivity contribution in [3.05, 3.63) is 144 Å². The minimum absolute atomic E-state index is 0.142. The molecule has 1 N–H and O–H groups in total. The van der Waals surface area contributed by atoms with Crippen LogP contribution in [0.5, 0.6) is 0 Å². The van der Waals surface area contributed by atoms with E-state index in [0.717, 1.165) is 28.8 Å². The topological polar surface area (TPSA) is 71.8 Å². The van der Waals surface area contributed by atoms with Gasteiger partial charge in [0, 0.05) is 18.7 Å². The molecule has 1 atom stereocenters. The van der Waals surface area contributed by atoms with Crippen LogP contribution in [0, 0.1) is 0 Å². The highest BCUT2D eigenvalue weighted by molar-refractivity contribution is 5.97. The van der Waals surface area contributed by atoms with Crippen LogP contribution in [0.1, 0.15) is 27.2 Å². The molecule has 0 aliphatic heterocycles. The number of halogens is 3. The van der Waals surface area contributed by atoms with Crippen LogP contribution in [0.3, 0.4) is 0 Å². The van der Waals surface area contributed by atoms with E-state index >= 15 is 0 Å². The van der Waals surface area contributed by atoms with E-state index in [1.54, 1.807) is 36.6 Å². The molecule has 0 saturated heterocycles. The van der Waals surface area contributed by atoms with Gasteiger partial charge in [-0.2, -0.15) is 13.2 Å². The highest BCUT2D eigenvalue weighted by Crippen LogP contribution is 2.31. The lowest BCUT2D eigenvalue weighted by Gasteiger charge is -2.26. The molecule has 45 heavy (non-hydrogen) atoms. The van der Waals surface area contributed by atoms with Crippen LogP contribution in [0.4, 0.5) is 13.2 Å². The van der Waals surface area contributed by atoms with E-state index in [4.69, 9.17) is 9.15 Å². The number of carbonyl (C=O) groups excluding carboxylic acids is 2. The first-order chi connectivity index (χ1) is 21.7. The number of nitrogens with one attached hydrogen (secondary N) is 1. The Kier molecular flexibility index (Phi) is 9.79. The molecule has 1 amide bonds. The SMILES string of the molecule is COC(=O)[C@H](CN(Cc1ccc(-c2ccccc2)cc1)Cc1ccco1)NC(=O)c1ccc(-c2ccc(C(F)(F)F)cc2)cc1. The third-order valence-corrected chi connectivity index (χ3v) is 7.35. The third-order valence-electron chi connectivity index (χ3n) is 7.35. The molecule has 230 valence electrons. The molecule has 0 fully saturated rings. The minimum Gasteiger partial charge on any atom is -0.468 e. The Morgan fingerprint density at radius 1 is 0.756 bits per heavy atom. The predicted molar refractivity (Wildman–Crippen MR) is 165 cm³/mol. The Bertz CT molecular complexity index is 1690. The van der Waals surface area contributed by atoms with E-state index in [9.17, 15) is 22.8 Å².